The summed E-state index contributed by atoms with van der Waals surface area (Å²) in [5.74, 6) is 0.760. The van der Waals surface area contributed by atoms with E-state index in [0.717, 1.165) is 16.6 Å². The van der Waals surface area contributed by atoms with Gasteiger partial charge in [-0.3, -0.25) is 4.79 Å². The Hall–Kier alpha value is -2.68. The van der Waals surface area contributed by atoms with Crippen molar-refractivity contribution in [2.75, 3.05) is 0 Å². The number of H-pyrrole nitrogens is 1. The highest BCUT2D eigenvalue weighted by Crippen LogP contribution is 2.16. The van der Waals surface area contributed by atoms with E-state index in [2.05, 4.69) is 35.9 Å². The number of nitrogens with zero attached hydrogens (tertiary/aromatic N) is 1. The number of ketones is 1. The maximum absolute atomic E-state index is 12.2. The lowest BCUT2D eigenvalue weighted by molar-refractivity contribution is 0.103. The van der Waals surface area contributed by atoms with E-state index in [1.165, 1.54) is 5.56 Å². The first-order valence-electron chi connectivity index (χ1n) is 7.40. The number of carbonyl (C=O) groups is 1. The van der Waals surface area contributed by atoms with Crippen LogP contribution in [-0.2, 0) is 0 Å². The summed E-state index contributed by atoms with van der Waals surface area (Å²) in [6, 6.07) is 15.9. The van der Waals surface area contributed by atoms with E-state index in [1.807, 2.05) is 42.5 Å². The van der Waals surface area contributed by atoms with Gasteiger partial charge in [-0.1, -0.05) is 56.3 Å². The molecule has 110 valence electrons. The van der Waals surface area contributed by atoms with Crippen molar-refractivity contribution < 1.29 is 4.79 Å². The Morgan fingerprint density at radius 3 is 2.50 bits per heavy atom. The quantitative estimate of drug-likeness (QED) is 0.564. The van der Waals surface area contributed by atoms with Gasteiger partial charge >= 0.3 is 0 Å². The Morgan fingerprint density at radius 1 is 1.09 bits per heavy atom. The van der Waals surface area contributed by atoms with Gasteiger partial charge in [0.25, 0.3) is 0 Å². The zero-order chi connectivity index (χ0) is 15.5. The zero-order valence-corrected chi connectivity index (χ0v) is 12.7. The summed E-state index contributed by atoms with van der Waals surface area (Å²) in [6.07, 6.45) is 3.38. The van der Waals surface area contributed by atoms with Crippen molar-refractivity contribution in [3.63, 3.8) is 0 Å². The van der Waals surface area contributed by atoms with Crippen LogP contribution >= 0.6 is 0 Å². The molecule has 0 aliphatic carbocycles. The summed E-state index contributed by atoms with van der Waals surface area (Å²) in [7, 11) is 0. The molecule has 0 unspecified atom stereocenters. The first kappa shape index (κ1) is 14.3. The molecule has 0 amide bonds. The molecule has 22 heavy (non-hydrogen) atoms. The largest absolute Gasteiger partial charge is 0.335 e. The number of imidazole rings is 1. The monoisotopic (exact) mass is 290 g/mol. The number of benzene rings is 2. The third-order valence-corrected chi connectivity index (χ3v) is 3.65. The minimum atomic E-state index is -0.121. The van der Waals surface area contributed by atoms with Crippen LogP contribution in [-0.4, -0.2) is 15.8 Å². The summed E-state index contributed by atoms with van der Waals surface area (Å²) in [5.41, 5.74) is 3.98. The van der Waals surface area contributed by atoms with Crippen LogP contribution in [0.2, 0.25) is 0 Å². The molecule has 3 rings (SSSR count). The lowest BCUT2D eigenvalue weighted by atomic mass is 10.0. The Balaban J connectivity index is 1.78. The third-order valence-electron chi connectivity index (χ3n) is 3.65. The van der Waals surface area contributed by atoms with Crippen LogP contribution in [0.1, 0.15) is 41.5 Å². The molecule has 0 saturated heterocycles. The predicted molar refractivity (Wildman–Crippen MR) is 90.0 cm³/mol. The molecule has 1 N–H and O–H groups in total. The maximum atomic E-state index is 12.2. The SMILES string of the molecule is CC(C)c1ccc(/C=C/C(=O)c2nc3ccccc3[nH]2)cc1. The average molecular weight is 290 g/mol. The second-order valence-corrected chi connectivity index (χ2v) is 5.62. The fraction of sp³-hybridized carbons (Fsp3) is 0.158. The van der Waals surface area contributed by atoms with Crippen LogP contribution in [0, 0.1) is 0 Å². The summed E-state index contributed by atoms with van der Waals surface area (Å²) in [5, 5.41) is 0. The molecule has 3 heteroatoms. The first-order valence-corrected chi connectivity index (χ1v) is 7.40. The molecular formula is C19H18N2O. The van der Waals surface area contributed by atoms with Gasteiger partial charge in [-0.2, -0.15) is 0 Å². The maximum Gasteiger partial charge on any atom is 0.221 e. The Morgan fingerprint density at radius 2 is 1.82 bits per heavy atom. The fourth-order valence-electron chi connectivity index (χ4n) is 2.31. The van der Waals surface area contributed by atoms with E-state index in [-0.39, 0.29) is 5.78 Å². The van der Waals surface area contributed by atoms with Crippen LogP contribution in [0.15, 0.2) is 54.6 Å². The van der Waals surface area contributed by atoms with Gasteiger partial charge in [0, 0.05) is 0 Å². The second kappa shape index (κ2) is 5.98. The average Bonchev–Trinajstić information content (AvgIpc) is 2.97. The lowest BCUT2D eigenvalue weighted by Crippen LogP contribution is -1.96. The number of rotatable bonds is 4. The number of fused-ring (bicyclic) bond motifs is 1. The number of hydrogen-bond donors (Lipinski definition) is 1. The van der Waals surface area contributed by atoms with E-state index < -0.39 is 0 Å². The smallest absolute Gasteiger partial charge is 0.221 e. The molecule has 0 spiro atoms. The lowest BCUT2D eigenvalue weighted by Gasteiger charge is -2.04. The summed E-state index contributed by atoms with van der Waals surface area (Å²) in [4.78, 5) is 19.5. The molecule has 3 aromatic rings. The van der Waals surface area contributed by atoms with Crippen LogP contribution in [0.5, 0.6) is 0 Å². The first-order chi connectivity index (χ1) is 10.6. The van der Waals surface area contributed by atoms with Crippen LogP contribution < -0.4 is 0 Å². The van der Waals surface area contributed by atoms with Crippen molar-refractivity contribution in [3.8, 4) is 0 Å². The second-order valence-electron chi connectivity index (χ2n) is 5.62. The van der Waals surface area contributed by atoms with Gasteiger partial charge < -0.3 is 4.98 Å². The van der Waals surface area contributed by atoms with E-state index in [9.17, 15) is 4.79 Å². The summed E-state index contributed by atoms with van der Waals surface area (Å²) in [6.45, 7) is 4.33. The number of carbonyl (C=O) groups excluding carboxylic acids is 1. The summed E-state index contributed by atoms with van der Waals surface area (Å²) >= 11 is 0. The molecule has 0 aliphatic rings. The third kappa shape index (κ3) is 2.98. The zero-order valence-electron chi connectivity index (χ0n) is 12.7. The number of aromatic nitrogens is 2. The van der Waals surface area contributed by atoms with E-state index in [4.69, 9.17) is 0 Å². The number of aromatic amines is 1. The van der Waals surface area contributed by atoms with Gasteiger partial charge in [0.05, 0.1) is 11.0 Å². The van der Waals surface area contributed by atoms with Crippen molar-refractivity contribution in [3.05, 3.63) is 71.6 Å². The van der Waals surface area contributed by atoms with Crippen molar-refractivity contribution in [1.82, 2.24) is 9.97 Å². The molecule has 0 fully saturated rings. The number of para-hydroxylation sites is 2. The van der Waals surface area contributed by atoms with Gasteiger partial charge in [-0.05, 0) is 35.3 Å². The van der Waals surface area contributed by atoms with Crippen LogP contribution in [0.25, 0.3) is 17.1 Å². The summed E-state index contributed by atoms with van der Waals surface area (Å²) < 4.78 is 0. The minimum Gasteiger partial charge on any atom is -0.335 e. The Labute approximate surface area is 129 Å². The van der Waals surface area contributed by atoms with E-state index >= 15 is 0 Å². The molecule has 0 radical (unpaired) electrons. The molecule has 1 aromatic heterocycles. The van der Waals surface area contributed by atoms with Gasteiger partial charge in [0.15, 0.2) is 5.82 Å². The minimum absolute atomic E-state index is 0.121. The fourth-order valence-corrected chi connectivity index (χ4v) is 2.31. The van der Waals surface area contributed by atoms with E-state index in [0.29, 0.717) is 11.7 Å². The molecule has 0 saturated carbocycles. The molecule has 0 atom stereocenters. The molecule has 3 nitrogen and oxygen atoms in total. The number of nitrogens with one attached hydrogen (secondary N) is 1. The van der Waals surface area contributed by atoms with Gasteiger partial charge in [0.1, 0.15) is 0 Å². The molecule has 1 heterocycles. The Kier molecular flexibility index (Phi) is 3.88. The Bertz CT molecular complexity index is 793. The molecule has 2 aromatic carbocycles. The van der Waals surface area contributed by atoms with E-state index in [1.54, 1.807) is 6.08 Å². The standard InChI is InChI=1S/C19H18N2O/c1-13(2)15-10-7-14(8-11-15)9-12-18(22)19-20-16-5-3-4-6-17(16)21-19/h3-13H,1-2H3,(H,20,21)/b12-9+. The predicted octanol–water partition coefficient (Wildman–Crippen LogP) is 4.58. The van der Waals surface area contributed by atoms with Gasteiger partial charge in [-0.25, -0.2) is 4.98 Å². The van der Waals surface area contributed by atoms with Crippen molar-refractivity contribution in [2.24, 2.45) is 0 Å². The highest BCUT2D eigenvalue weighted by molar-refractivity contribution is 6.05. The van der Waals surface area contributed by atoms with Crippen molar-refractivity contribution >= 4 is 22.9 Å². The number of allylic oxidation sites excluding steroid dienone is 1. The van der Waals surface area contributed by atoms with Crippen molar-refractivity contribution in [2.45, 2.75) is 19.8 Å². The van der Waals surface area contributed by atoms with Gasteiger partial charge in [0.2, 0.25) is 5.78 Å². The normalized spacial score (nSPS) is 11.6. The highest BCUT2D eigenvalue weighted by atomic mass is 16.1. The molecule has 0 bridgehead atoms. The topological polar surface area (TPSA) is 45.8 Å². The van der Waals surface area contributed by atoms with Crippen molar-refractivity contribution in [1.29, 1.82) is 0 Å². The van der Waals surface area contributed by atoms with Crippen LogP contribution in [0.3, 0.4) is 0 Å². The highest BCUT2D eigenvalue weighted by Gasteiger charge is 2.07. The molecule has 0 aliphatic heterocycles. The molecular weight excluding hydrogens is 272 g/mol. The van der Waals surface area contributed by atoms with Gasteiger partial charge in [-0.15, -0.1) is 0 Å². The number of hydrogen-bond acceptors (Lipinski definition) is 2. The van der Waals surface area contributed by atoms with Crippen LogP contribution in [0.4, 0.5) is 0 Å².